The molecule has 0 spiro atoms. The van der Waals surface area contributed by atoms with Crippen molar-refractivity contribution in [3.05, 3.63) is 29.6 Å². The number of nitrogens with one attached hydrogen (secondary N) is 1. The van der Waals surface area contributed by atoms with E-state index >= 15 is 0 Å². The molecule has 110 valence electrons. The number of hydrogen-bond acceptors (Lipinski definition) is 4. The molecule has 5 nitrogen and oxygen atoms in total. The number of aromatic nitrogens is 1. The second-order valence-electron chi connectivity index (χ2n) is 5.87. The van der Waals surface area contributed by atoms with Gasteiger partial charge in [-0.1, -0.05) is 19.9 Å². The van der Waals surface area contributed by atoms with E-state index in [2.05, 4.69) is 29.2 Å². The van der Waals surface area contributed by atoms with E-state index in [0.717, 1.165) is 18.8 Å². The minimum atomic E-state index is -0.341. The molecule has 1 fully saturated rings. The molecule has 1 aromatic heterocycles. The maximum atomic E-state index is 11.5. The summed E-state index contributed by atoms with van der Waals surface area (Å²) in [6.07, 6.45) is 3.75. The molecule has 1 aliphatic rings. The molecule has 0 atom stereocenters. The van der Waals surface area contributed by atoms with Crippen LogP contribution in [0, 0.1) is 5.92 Å². The molecule has 20 heavy (non-hydrogen) atoms. The molecule has 1 saturated carbocycles. The van der Waals surface area contributed by atoms with Gasteiger partial charge in [0.05, 0.1) is 5.69 Å². The summed E-state index contributed by atoms with van der Waals surface area (Å²) >= 11 is 0. The zero-order valence-electron chi connectivity index (χ0n) is 12.3. The van der Waals surface area contributed by atoms with E-state index in [0.29, 0.717) is 17.7 Å². The molecule has 1 aliphatic carbocycles. The zero-order valence-corrected chi connectivity index (χ0v) is 12.3. The summed E-state index contributed by atoms with van der Waals surface area (Å²) in [6.45, 7) is 6.39. The second kappa shape index (κ2) is 6.81. The number of hydrogen-bond donors (Lipinski definition) is 2. The van der Waals surface area contributed by atoms with Gasteiger partial charge in [0.1, 0.15) is 5.69 Å². The number of rotatable bonds is 7. The summed E-state index contributed by atoms with van der Waals surface area (Å²) in [7, 11) is 0. The number of nitrogens with zero attached hydrogens (tertiary/aromatic N) is 2. The van der Waals surface area contributed by atoms with Crippen LogP contribution in [0.15, 0.2) is 18.2 Å². The Bertz CT molecular complexity index is 457. The Morgan fingerprint density at radius 1 is 1.50 bits per heavy atom. The number of nitrogen functional groups attached to an aromatic ring is 1. The molecule has 2 rings (SSSR count). The molecule has 1 aromatic rings. The average Bonchev–Trinajstić information content (AvgIpc) is 3.27. The van der Waals surface area contributed by atoms with E-state index in [9.17, 15) is 4.79 Å². The monoisotopic (exact) mass is 276 g/mol. The van der Waals surface area contributed by atoms with Crippen molar-refractivity contribution in [2.75, 3.05) is 6.54 Å². The van der Waals surface area contributed by atoms with Gasteiger partial charge in [-0.25, -0.2) is 10.8 Å². The van der Waals surface area contributed by atoms with Crippen molar-refractivity contribution in [1.29, 1.82) is 0 Å². The SMILES string of the molecule is CC(C)CCN(Cc1cccc(C(=O)NN)n1)C1CC1. The first-order valence-electron chi connectivity index (χ1n) is 7.31. The van der Waals surface area contributed by atoms with E-state index in [-0.39, 0.29) is 5.91 Å². The average molecular weight is 276 g/mol. The van der Waals surface area contributed by atoms with Crippen LogP contribution in [0.5, 0.6) is 0 Å². The van der Waals surface area contributed by atoms with Crippen molar-refractivity contribution in [3.63, 3.8) is 0 Å². The molecular formula is C15H24N4O. The maximum Gasteiger partial charge on any atom is 0.283 e. The zero-order chi connectivity index (χ0) is 14.5. The van der Waals surface area contributed by atoms with Gasteiger partial charge in [0.25, 0.3) is 5.91 Å². The standard InChI is InChI=1S/C15H24N4O/c1-11(2)8-9-19(13-6-7-13)10-12-4-3-5-14(17-12)15(20)18-16/h3-5,11,13H,6-10,16H2,1-2H3,(H,18,20). The summed E-state index contributed by atoms with van der Waals surface area (Å²) in [5.74, 6) is 5.51. The highest BCUT2D eigenvalue weighted by molar-refractivity contribution is 5.91. The highest BCUT2D eigenvalue weighted by Crippen LogP contribution is 2.28. The summed E-state index contributed by atoms with van der Waals surface area (Å²) in [4.78, 5) is 18.4. The summed E-state index contributed by atoms with van der Waals surface area (Å²) in [5.41, 5.74) is 3.43. The summed E-state index contributed by atoms with van der Waals surface area (Å²) in [6, 6.07) is 6.21. The third-order valence-corrected chi connectivity index (χ3v) is 3.59. The molecule has 1 heterocycles. The lowest BCUT2D eigenvalue weighted by atomic mass is 10.1. The molecule has 0 unspecified atom stereocenters. The van der Waals surface area contributed by atoms with Crippen LogP contribution < -0.4 is 11.3 Å². The highest BCUT2D eigenvalue weighted by Gasteiger charge is 2.29. The number of amides is 1. The molecule has 0 aliphatic heterocycles. The van der Waals surface area contributed by atoms with Gasteiger partial charge in [-0.2, -0.15) is 0 Å². The molecule has 3 N–H and O–H groups in total. The predicted molar refractivity (Wildman–Crippen MR) is 78.8 cm³/mol. The summed E-state index contributed by atoms with van der Waals surface area (Å²) < 4.78 is 0. The van der Waals surface area contributed by atoms with E-state index in [1.807, 2.05) is 12.1 Å². The molecule has 0 radical (unpaired) electrons. The van der Waals surface area contributed by atoms with Crippen LogP contribution in [0.1, 0.15) is 49.3 Å². The van der Waals surface area contributed by atoms with Crippen molar-refractivity contribution in [2.24, 2.45) is 11.8 Å². The Kier molecular flexibility index (Phi) is 5.09. The van der Waals surface area contributed by atoms with Crippen molar-refractivity contribution >= 4 is 5.91 Å². The largest absolute Gasteiger partial charge is 0.295 e. The second-order valence-corrected chi connectivity index (χ2v) is 5.87. The molecular weight excluding hydrogens is 252 g/mol. The third kappa shape index (κ3) is 4.28. The van der Waals surface area contributed by atoms with E-state index in [1.165, 1.54) is 19.3 Å². The van der Waals surface area contributed by atoms with Gasteiger partial charge in [0.15, 0.2) is 0 Å². The molecule has 1 amide bonds. The topological polar surface area (TPSA) is 71.2 Å². The first-order chi connectivity index (χ1) is 9.60. The number of carbonyl (C=O) groups is 1. The normalized spacial score (nSPS) is 14.8. The van der Waals surface area contributed by atoms with Gasteiger partial charge in [0.2, 0.25) is 0 Å². The van der Waals surface area contributed by atoms with Crippen molar-refractivity contribution in [1.82, 2.24) is 15.3 Å². The fraction of sp³-hybridized carbons (Fsp3) is 0.600. The summed E-state index contributed by atoms with van der Waals surface area (Å²) in [5, 5.41) is 0. The number of pyridine rings is 1. The lowest BCUT2D eigenvalue weighted by Gasteiger charge is -2.22. The number of hydrazine groups is 1. The van der Waals surface area contributed by atoms with Gasteiger partial charge < -0.3 is 0 Å². The van der Waals surface area contributed by atoms with Gasteiger partial charge in [0, 0.05) is 12.6 Å². The molecule has 0 bridgehead atoms. The Balaban J connectivity index is 2.00. The maximum absolute atomic E-state index is 11.5. The van der Waals surface area contributed by atoms with Crippen LogP contribution in [0.2, 0.25) is 0 Å². The number of nitrogens with two attached hydrogens (primary N) is 1. The Morgan fingerprint density at radius 2 is 2.25 bits per heavy atom. The first kappa shape index (κ1) is 14.9. The minimum absolute atomic E-state index is 0.341. The van der Waals surface area contributed by atoms with Gasteiger partial charge >= 0.3 is 0 Å². The van der Waals surface area contributed by atoms with Crippen LogP contribution in [0.3, 0.4) is 0 Å². The van der Waals surface area contributed by atoms with E-state index in [1.54, 1.807) is 6.07 Å². The van der Waals surface area contributed by atoms with Crippen LogP contribution in [-0.2, 0) is 6.54 Å². The lowest BCUT2D eigenvalue weighted by Crippen LogP contribution is -2.31. The lowest BCUT2D eigenvalue weighted by molar-refractivity contribution is 0.0948. The highest BCUT2D eigenvalue weighted by atomic mass is 16.2. The van der Waals surface area contributed by atoms with Crippen molar-refractivity contribution in [2.45, 2.75) is 45.7 Å². The minimum Gasteiger partial charge on any atom is -0.295 e. The van der Waals surface area contributed by atoms with Gasteiger partial charge in [-0.15, -0.1) is 0 Å². The third-order valence-electron chi connectivity index (χ3n) is 3.59. The van der Waals surface area contributed by atoms with Crippen LogP contribution >= 0.6 is 0 Å². The molecule has 5 heteroatoms. The number of carbonyl (C=O) groups excluding carboxylic acids is 1. The van der Waals surface area contributed by atoms with Crippen molar-refractivity contribution in [3.8, 4) is 0 Å². The molecule has 0 aromatic carbocycles. The predicted octanol–water partition coefficient (Wildman–Crippen LogP) is 1.70. The Labute approximate surface area is 120 Å². The van der Waals surface area contributed by atoms with Crippen LogP contribution in [-0.4, -0.2) is 28.4 Å². The van der Waals surface area contributed by atoms with Crippen LogP contribution in [0.25, 0.3) is 0 Å². The fourth-order valence-electron chi connectivity index (χ4n) is 2.23. The van der Waals surface area contributed by atoms with E-state index < -0.39 is 0 Å². The van der Waals surface area contributed by atoms with Gasteiger partial charge in [-0.3, -0.25) is 15.1 Å². The van der Waals surface area contributed by atoms with Crippen molar-refractivity contribution < 1.29 is 4.79 Å². The Morgan fingerprint density at radius 3 is 2.85 bits per heavy atom. The van der Waals surface area contributed by atoms with Crippen LogP contribution in [0.4, 0.5) is 0 Å². The Hall–Kier alpha value is -1.46. The molecule has 0 saturated heterocycles. The van der Waals surface area contributed by atoms with Gasteiger partial charge in [-0.05, 0) is 43.9 Å². The van der Waals surface area contributed by atoms with E-state index in [4.69, 9.17) is 5.84 Å². The fourth-order valence-corrected chi connectivity index (χ4v) is 2.23. The smallest absolute Gasteiger partial charge is 0.283 e. The first-order valence-corrected chi connectivity index (χ1v) is 7.31. The quantitative estimate of drug-likeness (QED) is 0.452.